The molecular weight excluding hydrogens is 262 g/mol. The maximum absolute atomic E-state index is 12.1. The first-order valence-electron chi connectivity index (χ1n) is 6.53. The summed E-state index contributed by atoms with van der Waals surface area (Å²) in [7, 11) is 0. The number of aliphatic carboxylic acids is 1. The van der Waals surface area contributed by atoms with Crippen molar-refractivity contribution in [2.45, 2.75) is 31.7 Å². The molecule has 0 aliphatic heterocycles. The minimum Gasteiger partial charge on any atom is -0.507 e. The molecule has 108 valence electrons. The number of carboxylic acids is 1. The number of nitrogens with one attached hydrogen (secondary N) is 1. The van der Waals surface area contributed by atoms with Crippen LogP contribution < -0.4 is 5.32 Å². The Morgan fingerprint density at radius 2 is 1.80 bits per heavy atom. The third kappa shape index (κ3) is 3.01. The molecule has 1 aliphatic rings. The molecule has 0 bridgehead atoms. The zero-order valence-corrected chi connectivity index (χ0v) is 10.9. The highest BCUT2D eigenvalue weighted by atomic mass is 16.4. The SMILES string of the molecule is O=C(NC1CCCC(C(=O)O)C1)c1c(O)cccc1O. The van der Waals surface area contributed by atoms with Crippen LogP contribution in [0.1, 0.15) is 36.0 Å². The number of carboxylic acid groups (broad SMARTS) is 1. The number of aromatic hydroxyl groups is 2. The highest BCUT2D eigenvalue weighted by Gasteiger charge is 2.29. The van der Waals surface area contributed by atoms with E-state index < -0.39 is 17.8 Å². The second-order valence-electron chi connectivity index (χ2n) is 5.04. The standard InChI is InChI=1S/C14H17NO5/c16-10-5-2-6-11(17)12(10)13(18)15-9-4-1-3-8(7-9)14(19)20/h2,5-6,8-9,16-17H,1,3-4,7H2,(H,15,18)(H,19,20). The maximum atomic E-state index is 12.1. The fraction of sp³-hybridized carbons (Fsp3) is 0.429. The summed E-state index contributed by atoms with van der Waals surface area (Å²) in [6.07, 6.45) is 2.41. The van der Waals surface area contributed by atoms with Crippen molar-refractivity contribution in [3.05, 3.63) is 23.8 Å². The van der Waals surface area contributed by atoms with Gasteiger partial charge >= 0.3 is 5.97 Å². The van der Waals surface area contributed by atoms with Gasteiger partial charge in [0.15, 0.2) is 0 Å². The molecule has 1 fully saturated rings. The van der Waals surface area contributed by atoms with Gasteiger partial charge in [-0.15, -0.1) is 0 Å². The van der Waals surface area contributed by atoms with Crippen LogP contribution in [-0.4, -0.2) is 33.2 Å². The van der Waals surface area contributed by atoms with Crippen molar-refractivity contribution in [2.24, 2.45) is 5.92 Å². The summed E-state index contributed by atoms with van der Waals surface area (Å²) in [5.41, 5.74) is -0.176. The van der Waals surface area contributed by atoms with Crippen molar-refractivity contribution in [2.75, 3.05) is 0 Å². The van der Waals surface area contributed by atoms with Crippen LogP contribution in [0.2, 0.25) is 0 Å². The topological polar surface area (TPSA) is 107 Å². The molecule has 6 heteroatoms. The first-order valence-corrected chi connectivity index (χ1v) is 6.53. The number of benzene rings is 1. The van der Waals surface area contributed by atoms with E-state index in [-0.39, 0.29) is 23.1 Å². The Labute approximate surface area is 116 Å². The molecular formula is C14H17NO5. The second-order valence-corrected chi connectivity index (χ2v) is 5.04. The van der Waals surface area contributed by atoms with Crippen molar-refractivity contribution >= 4 is 11.9 Å². The van der Waals surface area contributed by atoms with Crippen molar-refractivity contribution in [1.29, 1.82) is 0 Å². The van der Waals surface area contributed by atoms with Crippen LogP contribution in [0.5, 0.6) is 11.5 Å². The fourth-order valence-corrected chi connectivity index (χ4v) is 2.56. The van der Waals surface area contributed by atoms with Gasteiger partial charge in [-0.1, -0.05) is 12.5 Å². The van der Waals surface area contributed by atoms with E-state index >= 15 is 0 Å². The largest absolute Gasteiger partial charge is 0.507 e. The Balaban J connectivity index is 2.06. The smallest absolute Gasteiger partial charge is 0.306 e. The molecule has 20 heavy (non-hydrogen) atoms. The molecule has 2 rings (SSSR count). The van der Waals surface area contributed by atoms with Gasteiger partial charge in [0.05, 0.1) is 5.92 Å². The summed E-state index contributed by atoms with van der Waals surface area (Å²) in [6.45, 7) is 0. The third-order valence-electron chi connectivity index (χ3n) is 3.61. The molecule has 2 atom stereocenters. The molecule has 2 unspecified atom stereocenters. The van der Waals surface area contributed by atoms with Crippen LogP contribution >= 0.6 is 0 Å². The van der Waals surface area contributed by atoms with Gasteiger partial charge in [-0.05, 0) is 31.4 Å². The molecule has 0 saturated heterocycles. The predicted octanol–water partition coefficient (Wildman–Crippen LogP) is 1.47. The number of amides is 1. The second kappa shape index (κ2) is 5.81. The van der Waals surface area contributed by atoms with E-state index in [4.69, 9.17) is 5.11 Å². The lowest BCUT2D eigenvalue weighted by Crippen LogP contribution is -2.40. The van der Waals surface area contributed by atoms with Crippen LogP contribution in [0, 0.1) is 5.92 Å². The van der Waals surface area contributed by atoms with E-state index in [1.54, 1.807) is 0 Å². The Hall–Kier alpha value is -2.24. The van der Waals surface area contributed by atoms with Crippen molar-refractivity contribution in [3.8, 4) is 11.5 Å². The summed E-state index contributed by atoms with van der Waals surface area (Å²) in [5.74, 6) is -2.49. The fourth-order valence-electron chi connectivity index (χ4n) is 2.56. The van der Waals surface area contributed by atoms with Crippen LogP contribution in [-0.2, 0) is 4.79 Å². The number of phenols is 2. The monoisotopic (exact) mass is 279 g/mol. The van der Waals surface area contributed by atoms with Crippen molar-refractivity contribution in [1.82, 2.24) is 5.32 Å². The number of carbonyl (C=O) groups is 2. The number of hydrogen-bond acceptors (Lipinski definition) is 4. The lowest BCUT2D eigenvalue weighted by atomic mass is 9.85. The van der Waals surface area contributed by atoms with Gasteiger partial charge in [-0.2, -0.15) is 0 Å². The Morgan fingerprint density at radius 3 is 2.40 bits per heavy atom. The van der Waals surface area contributed by atoms with Crippen molar-refractivity contribution < 1.29 is 24.9 Å². The first kappa shape index (κ1) is 14.2. The Morgan fingerprint density at radius 1 is 1.15 bits per heavy atom. The average Bonchev–Trinajstić information content (AvgIpc) is 2.38. The summed E-state index contributed by atoms with van der Waals surface area (Å²) in [6, 6.07) is 3.81. The first-order chi connectivity index (χ1) is 9.49. The van der Waals surface area contributed by atoms with E-state index in [2.05, 4.69) is 5.32 Å². The average molecular weight is 279 g/mol. The Kier molecular flexibility index (Phi) is 4.12. The maximum Gasteiger partial charge on any atom is 0.306 e. The lowest BCUT2D eigenvalue weighted by Gasteiger charge is -2.27. The molecule has 0 aromatic heterocycles. The van der Waals surface area contributed by atoms with E-state index in [0.717, 1.165) is 6.42 Å². The third-order valence-corrected chi connectivity index (χ3v) is 3.61. The number of carbonyl (C=O) groups excluding carboxylic acids is 1. The van der Waals surface area contributed by atoms with Gasteiger partial charge in [-0.3, -0.25) is 9.59 Å². The number of rotatable bonds is 3. The van der Waals surface area contributed by atoms with Crippen LogP contribution in [0.25, 0.3) is 0 Å². The summed E-state index contributed by atoms with van der Waals surface area (Å²) < 4.78 is 0. The van der Waals surface area contributed by atoms with E-state index in [1.807, 2.05) is 0 Å². The predicted molar refractivity (Wildman–Crippen MR) is 70.6 cm³/mol. The molecule has 0 heterocycles. The van der Waals surface area contributed by atoms with Gasteiger partial charge in [0.25, 0.3) is 5.91 Å². The molecule has 1 aromatic carbocycles. The minimum absolute atomic E-state index is 0.176. The number of phenolic OH excluding ortho intramolecular Hbond substituents is 2. The molecule has 4 N–H and O–H groups in total. The molecule has 0 radical (unpaired) electrons. The Bertz CT molecular complexity index is 508. The lowest BCUT2D eigenvalue weighted by molar-refractivity contribution is -0.143. The summed E-state index contributed by atoms with van der Waals surface area (Å²) >= 11 is 0. The van der Waals surface area contributed by atoms with Gasteiger partial charge in [0.1, 0.15) is 17.1 Å². The van der Waals surface area contributed by atoms with E-state index in [0.29, 0.717) is 19.3 Å². The summed E-state index contributed by atoms with van der Waals surface area (Å²) in [5, 5.41) is 30.9. The van der Waals surface area contributed by atoms with Gasteiger partial charge in [0.2, 0.25) is 0 Å². The minimum atomic E-state index is -0.852. The molecule has 1 aliphatic carbocycles. The molecule has 1 saturated carbocycles. The molecule has 1 amide bonds. The van der Waals surface area contributed by atoms with Gasteiger partial charge < -0.3 is 20.6 Å². The normalized spacial score (nSPS) is 22.2. The number of hydrogen-bond donors (Lipinski definition) is 4. The zero-order chi connectivity index (χ0) is 14.7. The highest BCUT2D eigenvalue weighted by Crippen LogP contribution is 2.28. The van der Waals surface area contributed by atoms with Crippen LogP contribution in [0.15, 0.2) is 18.2 Å². The molecule has 6 nitrogen and oxygen atoms in total. The van der Waals surface area contributed by atoms with E-state index in [9.17, 15) is 19.8 Å². The quantitative estimate of drug-likeness (QED) is 0.670. The summed E-state index contributed by atoms with van der Waals surface area (Å²) in [4.78, 5) is 23.0. The van der Waals surface area contributed by atoms with Crippen LogP contribution in [0.3, 0.4) is 0 Å². The van der Waals surface area contributed by atoms with Crippen LogP contribution in [0.4, 0.5) is 0 Å². The van der Waals surface area contributed by atoms with Crippen molar-refractivity contribution in [3.63, 3.8) is 0 Å². The molecule has 0 spiro atoms. The highest BCUT2D eigenvalue weighted by molar-refractivity contribution is 5.99. The molecule has 1 aromatic rings. The van der Waals surface area contributed by atoms with E-state index in [1.165, 1.54) is 18.2 Å². The van der Waals surface area contributed by atoms with Gasteiger partial charge in [-0.25, -0.2) is 0 Å². The van der Waals surface area contributed by atoms with Gasteiger partial charge in [0, 0.05) is 6.04 Å². The zero-order valence-electron chi connectivity index (χ0n) is 10.9.